The first kappa shape index (κ1) is 5.40. The van der Waals surface area contributed by atoms with Crippen molar-refractivity contribution in [2.45, 2.75) is 13.1 Å². The topological polar surface area (TPSA) is 59.8 Å². The van der Waals surface area contributed by atoms with Crippen LogP contribution in [-0.4, -0.2) is 20.9 Å². The van der Waals surface area contributed by atoms with Crippen LogP contribution < -0.4 is 5.32 Å². The van der Waals surface area contributed by atoms with Crippen LogP contribution in [0.1, 0.15) is 5.69 Å². The quantitative estimate of drug-likeness (QED) is 0.495. The van der Waals surface area contributed by atoms with Gasteiger partial charge in [-0.05, 0) is 0 Å². The van der Waals surface area contributed by atoms with Crippen molar-refractivity contribution in [3.63, 3.8) is 0 Å². The summed E-state index contributed by atoms with van der Waals surface area (Å²) in [5.41, 5.74) is 0.731. The molecular formula is C5H6N4O. The van der Waals surface area contributed by atoms with Gasteiger partial charge < -0.3 is 5.32 Å². The van der Waals surface area contributed by atoms with Gasteiger partial charge in [0.05, 0.1) is 18.3 Å². The van der Waals surface area contributed by atoms with Crippen molar-refractivity contribution in [2.75, 3.05) is 0 Å². The van der Waals surface area contributed by atoms with Gasteiger partial charge in [0.25, 0.3) is 0 Å². The largest absolute Gasteiger partial charge is 0.336 e. The minimum Gasteiger partial charge on any atom is -0.336 e. The summed E-state index contributed by atoms with van der Waals surface area (Å²) in [7, 11) is 0. The molecule has 2 rings (SSSR count). The van der Waals surface area contributed by atoms with Crippen molar-refractivity contribution in [1.29, 1.82) is 0 Å². The highest BCUT2D eigenvalue weighted by Gasteiger charge is 2.11. The predicted octanol–water partition coefficient (Wildman–Crippen LogP) is -1.09. The van der Waals surface area contributed by atoms with E-state index >= 15 is 0 Å². The molecule has 0 aromatic carbocycles. The second kappa shape index (κ2) is 1.80. The van der Waals surface area contributed by atoms with Crippen LogP contribution in [0.5, 0.6) is 0 Å². The van der Waals surface area contributed by atoms with Gasteiger partial charge in [0.15, 0.2) is 0 Å². The van der Waals surface area contributed by atoms with Crippen molar-refractivity contribution < 1.29 is 4.79 Å². The van der Waals surface area contributed by atoms with E-state index in [0.29, 0.717) is 13.1 Å². The number of fused-ring (bicyclic) bond motifs is 2. The van der Waals surface area contributed by atoms with Gasteiger partial charge in [0, 0.05) is 0 Å². The second-order valence-electron chi connectivity index (χ2n) is 2.18. The average molecular weight is 138 g/mol. The van der Waals surface area contributed by atoms with E-state index in [0.717, 1.165) is 5.69 Å². The van der Waals surface area contributed by atoms with Crippen LogP contribution in [0, 0.1) is 0 Å². The molecule has 1 aliphatic rings. The number of rotatable bonds is 0. The lowest BCUT2D eigenvalue weighted by atomic mass is 10.3. The molecule has 0 radical (unpaired) electrons. The summed E-state index contributed by atoms with van der Waals surface area (Å²) in [6.45, 7) is 0.436. The molecule has 1 N–H and O–H groups in total. The van der Waals surface area contributed by atoms with Crippen LogP contribution in [-0.2, 0) is 17.9 Å². The molecule has 0 unspecified atom stereocenters. The number of hydrogen-bond acceptors (Lipinski definition) is 3. The number of amides is 1. The molecular weight excluding hydrogens is 132 g/mol. The normalized spacial score (nSPS) is 16.2. The van der Waals surface area contributed by atoms with Crippen molar-refractivity contribution in [3.8, 4) is 0 Å². The molecule has 0 aliphatic carbocycles. The van der Waals surface area contributed by atoms with Crippen LogP contribution in [0.15, 0.2) is 6.20 Å². The number of carbonyl (C=O) groups excluding carboxylic acids is 1. The van der Waals surface area contributed by atoms with Gasteiger partial charge in [0.1, 0.15) is 6.67 Å². The monoisotopic (exact) mass is 138 g/mol. The van der Waals surface area contributed by atoms with Gasteiger partial charge in [-0.2, -0.15) is 0 Å². The molecule has 1 aromatic heterocycles. The molecule has 2 heterocycles. The number of aromatic nitrogens is 3. The van der Waals surface area contributed by atoms with Gasteiger partial charge in [-0.1, -0.05) is 5.21 Å². The molecule has 0 spiro atoms. The Bertz CT molecular complexity index is 266. The third-order valence-electron chi connectivity index (χ3n) is 1.37. The number of hydrogen-bond donors (Lipinski definition) is 1. The molecule has 10 heavy (non-hydrogen) atoms. The van der Waals surface area contributed by atoms with Gasteiger partial charge in [-0.15, -0.1) is 5.10 Å². The summed E-state index contributed by atoms with van der Waals surface area (Å²) in [4.78, 5) is 10.8. The molecule has 1 aromatic rings. The van der Waals surface area contributed by atoms with Crippen molar-refractivity contribution in [3.05, 3.63) is 11.9 Å². The predicted molar refractivity (Wildman–Crippen MR) is 31.9 cm³/mol. The minimum atomic E-state index is 0.00685. The average Bonchev–Trinajstić information content (AvgIpc) is 2.22. The third-order valence-corrected chi connectivity index (χ3v) is 1.37. The lowest BCUT2D eigenvalue weighted by Crippen LogP contribution is -2.26. The third kappa shape index (κ3) is 0.754. The summed E-state index contributed by atoms with van der Waals surface area (Å²) < 4.78 is 1.60. The minimum absolute atomic E-state index is 0.00685. The molecule has 5 heteroatoms. The Morgan fingerprint density at radius 1 is 1.70 bits per heavy atom. The molecule has 0 saturated heterocycles. The fraction of sp³-hybridized carbons (Fsp3) is 0.400. The Kier molecular flexibility index (Phi) is 0.969. The molecule has 5 nitrogen and oxygen atoms in total. The smallest absolute Gasteiger partial charge is 0.227 e. The zero-order valence-electron chi connectivity index (χ0n) is 5.24. The van der Waals surface area contributed by atoms with Crippen LogP contribution in [0.4, 0.5) is 0 Å². The van der Waals surface area contributed by atoms with Crippen molar-refractivity contribution in [1.82, 2.24) is 20.3 Å². The highest BCUT2D eigenvalue weighted by Crippen LogP contribution is 1.97. The standard InChI is InChI=1S/C5H6N4O/c10-5-1-4-2-9(3-6-5)8-7-4/h2H,1,3H2,(H,6,10). The summed E-state index contributed by atoms with van der Waals surface area (Å²) in [6, 6.07) is 0. The zero-order valence-corrected chi connectivity index (χ0v) is 5.24. The summed E-state index contributed by atoms with van der Waals surface area (Å²) in [5.74, 6) is 0.00685. The highest BCUT2D eigenvalue weighted by atomic mass is 16.1. The molecule has 0 fully saturated rings. The van der Waals surface area contributed by atoms with E-state index in [9.17, 15) is 4.79 Å². The lowest BCUT2D eigenvalue weighted by Gasteiger charge is -1.99. The Morgan fingerprint density at radius 3 is 3.50 bits per heavy atom. The summed E-state index contributed by atoms with van der Waals surface area (Å²) >= 11 is 0. The molecule has 0 saturated carbocycles. The van der Waals surface area contributed by atoms with Crippen LogP contribution in [0.25, 0.3) is 0 Å². The molecule has 1 amide bonds. The number of nitrogens with zero attached hydrogens (tertiary/aromatic N) is 3. The van der Waals surface area contributed by atoms with Gasteiger partial charge in [-0.25, -0.2) is 4.68 Å². The maximum atomic E-state index is 10.8. The fourth-order valence-corrected chi connectivity index (χ4v) is 0.893. The molecule has 0 atom stereocenters. The molecule has 1 aliphatic heterocycles. The number of nitrogens with one attached hydrogen (secondary N) is 1. The van der Waals surface area contributed by atoms with Gasteiger partial charge in [0.2, 0.25) is 5.91 Å². The Labute approximate surface area is 57.0 Å². The van der Waals surface area contributed by atoms with Crippen LogP contribution in [0.2, 0.25) is 0 Å². The van der Waals surface area contributed by atoms with E-state index < -0.39 is 0 Å². The first-order valence-corrected chi connectivity index (χ1v) is 3.00. The van der Waals surface area contributed by atoms with Gasteiger partial charge >= 0.3 is 0 Å². The van der Waals surface area contributed by atoms with Crippen molar-refractivity contribution in [2.24, 2.45) is 0 Å². The first-order valence-electron chi connectivity index (χ1n) is 3.00. The van der Waals surface area contributed by atoms with E-state index in [-0.39, 0.29) is 5.91 Å². The lowest BCUT2D eigenvalue weighted by molar-refractivity contribution is -0.121. The van der Waals surface area contributed by atoms with Crippen LogP contribution in [0.3, 0.4) is 0 Å². The van der Waals surface area contributed by atoms with E-state index in [1.54, 1.807) is 10.9 Å². The fourth-order valence-electron chi connectivity index (χ4n) is 0.893. The molecule has 2 bridgehead atoms. The maximum absolute atomic E-state index is 10.8. The molecule has 52 valence electrons. The summed E-state index contributed by atoms with van der Waals surface area (Å²) in [6.07, 6.45) is 2.11. The van der Waals surface area contributed by atoms with E-state index in [1.165, 1.54) is 0 Å². The second-order valence-corrected chi connectivity index (χ2v) is 2.18. The van der Waals surface area contributed by atoms with E-state index in [1.807, 2.05) is 0 Å². The summed E-state index contributed by atoms with van der Waals surface area (Å²) in [5, 5.41) is 10.2. The van der Waals surface area contributed by atoms with Gasteiger partial charge in [-0.3, -0.25) is 4.79 Å². The maximum Gasteiger partial charge on any atom is 0.227 e. The SMILES string of the molecule is O=C1Cc2cn(nn2)CN1. The van der Waals surface area contributed by atoms with Crippen molar-refractivity contribution >= 4 is 5.91 Å². The number of carbonyl (C=O) groups is 1. The Balaban J connectivity index is 2.37. The first-order chi connectivity index (χ1) is 4.84. The Hall–Kier alpha value is -1.39. The highest BCUT2D eigenvalue weighted by molar-refractivity contribution is 5.77. The Morgan fingerprint density at radius 2 is 2.60 bits per heavy atom. The van der Waals surface area contributed by atoms with E-state index in [2.05, 4.69) is 15.6 Å². The van der Waals surface area contributed by atoms with E-state index in [4.69, 9.17) is 0 Å². The van der Waals surface area contributed by atoms with Crippen LogP contribution >= 0.6 is 0 Å². The zero-order chi connectivity index (χ0) is 6.97.